The molecule has 1 heterocycles. The Bertz CT molecular complexity index is 556. The van der Waals surface area contributed by atoms with Crippen LogP contribution in [0.25, 0.3) is 11.3 Å². The number of esters is 1. The molecule has 0 bridgehead atoms. The fraction of sp³-hybridized carbons (Fsp3) is 0.0909. The highest BCUT2D eigenvalue weighted by molar-refractivity contribution is 7.11. The SMILES string of the molecule is COC(=O)c1sc(=O)[nH]c1-c1ccccc1. The first-order chi connectivity index (χ1) is 7.72. The van der Waals surface area contributed by atoms with E-state index >= 15 is 0 Å². The molecule has 0 aliphatic rings. The van der Waals surface area contributed by atoms with Crippen LogP contribution in [-0.2, 0) is 4.74 Å². The highest BCUT2D eigenvalue weighted by Crippen LogP contribution is 2.23. The van der Waals surface area contributed by atoms with Crippen LogP contribution in [0.1, 0.15) is 9.67 Å². The Morgan fingerprint density at radius 3 is 2.62 bits per heavy atom. The number of nitrogens with one attached hydrogen (secondary N) is 1. The van der Waals surface area contributed by atoms with Crippen LogP contribution in [0.15, 0.2) is 35.1 Å². The maximum Gasteiger partial charge on any atom is 0.350 e. The lowest BCUT2D eigenvalue weighted by molar-refractivity contribution is 0.0607. The second-order valence-corrected chi connectivity index (χ2v) is 4.06. The number of hydrogen-bond acceptors (Lipinski definition) is 4. The van der Waals surface area contributed by atoms with Crippen molar-refractivity contribution in [3.05, 3.63) is 44.9 Å². The third-order valence-electron chi connectivity index (χ3n) is 2.08. The molecule has 0 aliphatic heterocycles. The van der Waals surface area contributed by atoms with Gasteiger partial charge in [-0.3, -0.25) is 4.79 Å². The molecule has 0 radical (unpaired) electrons. The molecule has 5 heteroatoms. The summed E-state index contributed by atoms with van der Waals surface area (Å²) in [6.07, 6.45) is 0. The molecule has 2 rings (SSSR count). The van der Waals surface area contributed by atoms with Crippen molar-refractivity contribution in [2.75, 3.05) is 7.11 Å². The Balaban J connectivity index is 2.57. The van der Waals surface area contributed by atoms with E-state index in [2.05, 4.69) is 9.72 Å². The number of hydrogen-bond donors (Lipinski definition) is 1. The first-order valence-corrected chi connectivity index (χ1v) is 5.41. The van der Waals surface area contributed by atoms with Crippen LogP contribution in [0, 0.1) is 0 Å². The van der Waals surface area contributed by atoms with E-state index in [1.807, 2.05) is 30.3 Å². The largest absolute Gasteiger partial charge is 0.465 e. The highest BCUT2D eigenvalue weighted by atomic mass is 32.1. The molecule has 0 unspecified atom stereocenters. The normalized spacial score (nSPS) is 10.1. The monoisotopic (exact) mass is 235 g/mol. The van der Waals surface area contributed by atoms with E-state index in [1.165, 1.54) is 7.11 Å². The molecule has 0 saturated heterocycles. The summed E-state index contributed by atoms with van der Waals surface area (Å²) < 4.78 is 4.62. The lowest BCUT2D eigenvalue weighted by Gasteiger charge is -2.00. The molecule has 0 amide bonds. The van der Waals surface area contributed by atoms with Gasteiger partial charge in [0.1, 0.15) is 4.88 Å². The summed E-state index contributed by atoms with van der Waals surface area (Å²) in [6, 6.07) is 9.19. The van der Waals surface area contributed by atoms with Gasteiger partial charge in [-0.2, -0.15) is 0 Å². The fourth-order valence-electron chi connectivity index (χ4n) is 1.37. The molecule has 0 aliphatic carbocycles. The van der Waals surface area contributed by atoms with Gasteiger partial charge in [-0.1, -0.05) is 41.7 Å². The number of H-pyrrole nitrogens is 1. The number of carbonyl (C=O) groups is 1. The molecule has 1 N–H and O–H groups in total. The third-order valence-corrected chi connectivity index (χ3v) is 2.94. The van der Waals surface area contributed by atoms with Gasteiger partial charge in [-0.25, -0.2) is 4.79 Å². The van der Waals surface area contributed by atoms with Gasteiger partial charge in [-0.15, -0.1) is 0 Å². The first-order valence-electron chi connectivity index (χ1n) is 4.59. The van der Waals surface area contributed by atoms with E-state index in [0.29, 0.717) is 10.6 Å². The summed E-state index contributed by atoms with van der Waals surface area (Å²) in [5.41, 5.74) is 1.31. The van der Waals surface area contributed by atoms with Crippen LogP contribution in [-0.4, -0.2) is 18.1 Å². The molecule has 2 aromatic rings. The Morgan fingerprint density at radius 1 is 1.31 bits per heavy atom. The van der Waals surface area contributed by atoms with E-state index in [9.17, 15) is 9.59 Å². The minimum atomic E-state index is -0.498. The van der Waals surface area contributed by atoms with Crippen molar-refractivity contribution in [3.8, 4) is 11.3 Å². The van der Waals surface area contributed by atoms with Crippen molar-refractivity contribution < 1.29 is 9.53 Å². The van der Waals surface area contributed by atoms with Gasteiger partial charge in [0, 0.05) is 0 Å². The van der Waals surface area contributed by atoms with Gasteiger partial charge in [0.15, 0.2) is 0 Å². The van der Waals surface area contributed by atoms with Crippen molar-refractivity contribution >= 4 is 17.3 Å². The lowest BCUT2D eigenvalue weighted by Crippen LogP contribution is -2.00. The Hall–Kier alpha value is -1.88. The van der Waals surface area contributed by atoms with Gasteiger partial charge in [0.05, 0.1) is 12.8 Å². The molecule has 0 saturated carbocycles. The van der Waals surface area contributed by atoms with Crippen molar-refractivity contribution in [1.29, 1.82) is 0 Å². The number of carbonyl (C=O) groups excluding carboxylic acids is 1. The summed E-state index contributed by atoms with van der Waals surface area (Å²) in [5, 5.41) is 0. The number of benzene rings is 1. The summed E-state index contributed by atoms with van der Waals surface area (Å²) >= 11 is 0.856. The molecule has 16 heavy (non-hydrogen) atoms. The van der Waals surface area contributed by atoms with Gasteiger partial charge >= 0.3 is 10.8 Å². The van der Waals surface area contributed by atoms with Crippen LogP contribution >= 0.6 is 11.3 Å². The highest BCUT2D eigenvalue weighted by Gasteiger charge is 2.17. The molecule has 0 spiro atoms. The minimum absolute atomic E-state index is 0.265. The van der Waals surface area contributed by atoms with E-state index < -0.39 is 5.97 Å². The topological polar surface area (TPSA) is 59.2 Å². The lowest BCUT2D eigenvalue weighted by atomic mass is 10.1. The molecule has 1 aromatic heterocycles. The number of ether oxygens (including phenoxy) is 1. The van der Waals surface area contributed by atoms with Gasteiger partial charge in [0.25, 0.3) is 0 Å². The average molecular weight is 235 g/mol. The van der Waals surface area contributed by atoms with E-state index in [1.54, 1.807) is 0 Å². The van der Waals surface area contributed by atoms with Crippen LogP contribution in [0.5, 0.6) is 0 Å². The van der Waals surface area contributed by atoms with Crippen molar-refractivity contribution in [2.45, 2.75) is 0 Å². The molecule has 1 aromatic carbocycles. The van der Waals surface area contributed by atoms with Crippen molar-refractivity contribution in [1.82, 2.24) is 4.98 Å². The number of thiazole rings is 1. The van der Waals surface area contributed by atoms with E-state index in [0.717, 1.165) is 16.9 Å². The molecule has 82 valence electrons. The second-order valence-electron chi connectivity index (χ2n) is 3.08. The maximum absolute atomic E-state index is 11.5. The zero-order valence-electron chi connectivity index (χ0n) is 8.52. The summed E-state index contributed by atoms with van der Waals surface area (Å²) in [4.78, 5) is 25.4. The maximum atomic E-state index is 11.5. The summed E-state index contributed by atoms with van der Waals surface area (Å²) in [5.74, 6) is -0.498. The van der Waals surface area contributed by atoms with Gasteiger partial charge < -0.3 is 9.72 Å². The van der Waals surface area contributed by atoms with Gasteiger partial charge in [-0.05, 0) is 5.56 Å². The molecule has 0 fully saturated rings. The minimum Gasteiger partial charge on any atom is -0.465 e. The van der Waals surface area contributed by atoms with E-state index in [4.69, 9.17) is 0 Å². The number of methoxy groups -OCH3 is 1. The number of aromatic amines is 1. The summed E-state index contributed by atoms with van der Waals surface area (Å²) in [6.45, 7) is 0. The molecular weight excluding hydrogens is 226 g/mol. The number of rotatable bonds is 2. The molecule has 4 nitrogen and oxygen atoms in total. The third kappa shape index (κ3) is 1.90. The van der Waals surface area contributed by atoms with Crippen molar-refractivity contribution in [3.63, 3.8) is 0 Å². The molecular formula is C11H9NO3S. The van der Waals surface area contributed by atoms with Crippen LogP contribution in [0.4, 0.5) is 0 Å². The van der Waals surface area contributed by atoms with Crippen LogP contribution in [0.2, 0.25) is 0 Å². The predicted molar refractivity (Wildman–Crippen MR) is 61.7 cm³/mol. The quantitative estimate of drug-likeness (QED) is 0.808. The zero-order chi connectivity index (χ0) is 11.5. The smallest absolute Gasteiger partial charge is 0.350 e. The fourth-order valence-corrected chi connectivity index (χ4v) is 2.15. The second kappa shape index (κ2) is 4.32. The predicted octanol–water partition coefficient (Wildman–Crippen LogP) is 1.89. The van der Waals surface area contributed by atoms with E-state index in [-0.39, 0.29) is 4.87 Å². The standard InChI is InChI=1S/C11H9NO3S/c1-15-10(13)9-8(12-11(14)16-9)7-5-3-2-4-6-7/h2-6H,1H3,(H,12,14). The van der Waals surface area contributed by atoms with Crippen LogP contribution < -0.4 is 4.87 Å². The average Bonchev–Trinajstić information content (AvgIpc) is 2.71. The Kier molecular flexibility index (Phi) is 2.87. The Morgan fingerprint density at radius 2 is 2.00 bits per heavy atom. The van der Waals surface area contributed by atoms with Crippen molar-refractivity contribution in [2.24, 2.45) is 0 Å². The van der Waals surface area contributed by atoms with Crippen LogP contribution in [0.3, 0.4) is 0 Å². The van der Waals surface area contributed by atoms with Gasteiger partial charge in [0.2, 0.25) is 0 Å². The summed E-state index contributed by atoms with van der Waals surface area (Å²) in [7, 11) is 1.29. The number of aromatic nitrogens is 1. The molecule has 0 atom stereocenters. The zero-order valence-corrected chi connectivity index (χ0v) is 9.34. The Labute approximate surface area is 95.5 Å². The first kappa shape index (κ1) is 10.6.